The SMILES string of the molecule is C=C(ONCCCC)c1ccc2c(c1)COC2=O. The minimum Gasteiger partial charge on any atom is -0.457 e. The molecule has 1 heterocycles. The molecule has 1 aliphatic rings. The Labute approximate surface area is 107 Å². The van der Waals surface area contributed by atoms with Crippen molar-refractivity contribution < 1.29 is 14.4 Å². The lowest BCUT2D eigenvalue weighted by Crippen LogP contribution is -2.14. The van der Waals surface area contributed by atoms with E-state index in [4.69, 9.17) is 9.57 Å². The van der Waals surface area contributed by atoms with Crippen LogP contribution in [0.15, 0.2) is 24.8 Å². The third-order valence-corrected chi connectivity index (χ3v) is 2.83. The summed E-state index contributed by atoms with van der Waals surface area (Å²) in [5.74, 6) is 0.289. The lowest BCUT2D eigenvalue weighted by Gasteiger charge is -2.09. The fraction of sp³-hybridized carbons (Fsp3) is 0.357. The van der Waals surface area contributed by atoms with Crippen LogP contribution < -0.4 is 5.48 Å². The van der Waals surface area contributed by atoms with Gasteiger partial charge in [0.25, 0.3) is 0 Å². The Bertz CT molecular complexity index is 468. The fourth-order valence-corrected chi connectivity index (χ4v) is 1.75. The van der Waals surface area contributed by atoms with E-state index in [9.17, 15) is 4.79 Å². The zero-order chi connectivity index (χ0) is 13.0. The van der Waals surface area contributed by atoms with E-state index in [2.05, 4.69) is 19.0 Å². The second kappa shape index (κ2) is 5.69. The lowest BCUT2D eigenvalue weighted by molar-refractivity contribution is 0.0535. The molecule has 0 saturated carbocycles. The van der Waals surface area contributed by atoms with E-state index in [1.165, 1.54) is 0 Å². The van der Waals surface area contributed by atoms with E-state index >= 15 is 0 Å². The van der Waals surface area contributed by atoms with Crippen LogP contribution in [0.25, 0.3) is 5.76 Å². The van der Waals surface area contributed by atoms with Crippen molar-refractivity contribution in [3.63, 3.8) is 0 Å². The first kappa shape index (κ1) is 12.6. The highest BCUT2D eigenvalue weighted by molar-refractivity contribution is 5.93. The number of benzene rings is 1. The average molecular weight is 247 g/mol. The molecule has 0 aliphatic carbocycles. The number of carbonyl (C=O) groups is 1. The number of hydroxylamine groups is 1. The number of ether oxygens (including phenoxy) is 1. The predicted octanol–water partition coefficient (Wildman–Crippen LogP) is 2.65. The third kappa shape index (κ3) is 2.71. The molecular formula is C14H17NO3. The maximum Gasteiger partial charge on any atom is 0.338 e. The molecule has 96 valence electrons. The van der Waals surface area contributed by atoms with Gasteiger partial charge in [-0.05, 0) is 18.6 Å². The molecule has 2 rings (SSSR count). The molecule has 0 spiro atoms. The zero-order valence-corrected chi connectivity index (χ0v) is 10.5. The van der Waals surface area contributed by atoms with E-state index in [0.717, 1.165) is 30.5 Å². The van der Waals surface area contributed by atoms with Gasteiger partial charge in [-0.25, -0.2) is 4.79 Å². The van der Waals surface area contributed by atoms with Gasteiger partial charge in [-0.1, -0.05) is 26.0 Å². The van der Waals surface area contributed by atoms with Crippen LogP contribution in [0.3, 0.4) is 0 Å². The van der Waals surface area contributed by atoms with Crippen molar-refractivity contribution in [3.8, 4) is 0 Å². The summed E-state index contributed by atoms with van der Waals surface area (Å²) < 4.78 is 4.95. The maximum absolute atomic E-state index is 11.3. The van der Waals surface area contributed by atoms with Crippen molar-refractivity contribution >= 4 is 11.7 Å². The smallest absolute Gasteiger partial charge is 0.338 e. The highest BCUT2D eigenvalue weighted by Gasteiger charge is 2.21. The molecule has 0 fully saturated rings. The molecule has 4 nitrogen and oxygen atoms in total. The summed E-state index contributed by atoms with van der Waals surface area (Å²) in [5.41, 5.74) is 5.24. The predicted molar refractivity (Wildman–Crippen MR) is 68.6 cm³/mol. The van der Waals surface area contributed by atoms with Gasteiger partial charge in [0.2, 0.25) is 0 Å². The minimum atomic E-state index is -0.260. The summed E-state index contributed by atoms with van der Waals surface area (Å²) in [7, 11) is 0. The van der Waals surface area contributed by atoms with Gasteiger partial charge in [-0.15, -0.1) is 0 Å². The first-order valence-corrected chi connectivity index (χ1v) is 6.11. The number of hydrogen-bond acceptors (Lipinski definition) is 4. The molecular weight excluding hydrogens is 230 g/mol. The molecule has 4 heteroatoms. The van der Waals surface area contributed by atoms with E-state index < -0.39 is 0 Å². The van der Waals surface area contributed by atoms with Gasteiger partial charge in [-0.3, -0.25) is 0 Å². The Kier molecular flexibility index (Phi) is 3.99. The summed E-state index contributed by atoms with van der Waals surface area (Å²) >= 11 is 0. The van der Waals surface area contributed by atoms with Crippen molar-refractivity contribution in [2.24, 2.45) is 0 Å². The molecule has 1 aromatic rings. The van der Waals surface area contributed by atoms with Crippen LogP contribution in [0.2, 0.25) is 0 Å². The maximum atomic E-state index is 11.3. The van der Waals surface area contributed by atoms with Crippen LogP contribution in [0.1, 0.15) is 41.3 Å². The second-order valence-electron chi connectivity index (χ2n) is 4.22. The van der Waals surface area contributed by atoms with Crippen molar-refractivity contribution in [1.29, 1.82) is 0 Å². The van der Waals surface area contributed by atoms with E-state index in [-0.39, 0.29) is 5.97 Å². The molecule has 0 atom stereocenters. The molecule has 1 aliphatic heterocycles. The Morgan fingerprint density at radius 1 is 1.56 bits per heavy atom. The number of cyclic esters (lactones) is 1. The first-order valence-electron chi connectivity index (χ1n) is 6.11. The standard InChI is InChI=1S/C14H17NO3/c1-3-4-7-15-18-10(2)11-5-6-13-12(8-11)9-17-14(13)16/h5-6,8,15H,2-4,7,9H2,1H3. The topological polar surface area (TPSA) is 47.6 Å². The molecule has 0 radical (unpaired) electrons. The van der Waals surface area contributed by atoms with Crippen molar-refractivity contribution in [1.82, 2.24) is 5.48 Å². The Hall–Kier alpha value is -1.81. The van der Waals surface area contributed by atoms with Crippen LogP contribution in [-0.2, 0) is 16.2 Å². The van der Waals surface area contributed by atoms with Crippen LogP contribution in [-0.4, -0.2) is 12.5 Å². The molecule has 0 saturated heterocycles. The highest BCUT2D eigenvalue weighted by Crippen LogP contribution is 2.24. The first-order chi connectivity index (χ1) is 8.72. The normalized spacial score (nSPS) is 13.1. The molecule has 1 N–H and O–H groups in total. The summed E-state index contributed by atoms with van der Waals surface area (Å²) in [4.78, 5) is 16.6. The summed E-state index contributed by atoms with van der Waals surface area (Å²) in [6.07, 6.45) is 2.17. The molecule has 0 amide bonds. The number of esters is 1. The highest BCUT2D eigenvalue weighted by atomic mass is 16.6. The number of nitrogens with one attached hydrogen (secondary N) is 1. The quantitative estimate of drug-likeness (QED) is 0.363. The Balaban J connectivity index is 1.97. The molecule has 0 aromatic heterocycles. The van der Waals surface area contributed by atoms with Gasteiger partial charge in [0.15, 0.2) is 0 Å². The number of unbranched alkanes of at least 4 members (excludes halogenated alkanes) is 1. The van der Waals surface area contributed by atoms with Crippen LogP contribution >= 0.6 is 0 Å². The second-order valence-corrected chi connectivity index (χ2v) is 4.22. The van der Waals surface area contributed by atoms with Crippen LogP contribution in [0.5, 0.6) is 0 Å². The molecule has 1 aromatic carbocycles. The summed E-state index contributed by atoms with van der Waals surface area (Å²) in [5, 5.41) is 0. The van der Waals surface area contributed by atoms with E-state index in [0.29, 0.717) is 17.9 Å². The van der Waals surface area contributed by atoms with Crippen molar-refractivity contribution in [2.75, 3.05) is 6.54 Å². The van der Waals surface area contributed by atoms with Crippen molar-refractivity contribution in [2.45, 2.75) is 26.4 Å². The van der Waals surface area contributed by atoms with Gasteiger partial charge in [0.05, 0.1) is 5.56 Å². The molecule has 0 unspecified atom stereocenters. The number of rotatable bonds is 6. The van der Waals surface area contributed by atoms with E-state index in [1.807, 2.05) is 12.1 Å². The van der Waals surface area contributed by atoms with Crippen molar-refractivity contribution in [3.05, 3.63) is 41.5 Å². The average Bonchev–Trinajstić information content (AvgIpc) is 2.76. The Morgan fingerprint density at radius 2 is 2.39 bits per heavy atom. The number of fused-ring (bicyclic) bond motifs is 1. The van der Waals surface area contributed by atoms with Gasteiger partial charge in [0.1, 0.15) is 12.4 Å². The monoisotopic (exact) mass is 247 g/mol. The van der Waals surface area contributed by atoms with E-state index in [1.54, 1.807) is 6.07 Å². The summed E-state index contributed by atoms with van der Waals surface area (Å²) in [6.45, 7) is 7.10. The Morgan fingerprint density at radius 3 is 3.17 bits per heavy atom. The molecule has 0 bridgehead atoms. The number of hydrogen-bond donors (Lipinski definition) is 1. The van der Waals surface area contributed by atoms with Gasteiger partial charge in [0, 0.05) is 17.7 Å². The third-order valence-electron chi connectivity index (χ3n) is 2.83. The van der Waals surface area contributed by atoms with Gasteiger partial charge in [-0.2, -0.15) is 5.48 Å². The minimum absolute atomic E-state index is 0.260. The summed E-state index contributed by atoms with van der Waals surface area (Å²) in [6, 6.07) is 5.44. The number of carbonyl (C=O) groups excluding carboxylic acids is 1. The van der Waals surface area contributed by atoms with Gasteiger partial charge < -0.3 is 9.57 Å². The van der Waals surface area contributed by atoms with Crippen LogP contribution in [0, 0.1) is 0 Å². The van der Waals surface area contributed by atoms with Gasteiger partial charge >= 0.3 is 5.97 Å². The zero-order valence-electron chi connectivity index (χ0n) is 10.5. The fourth-order valence-electron chi connectivity index (χ4n) is 1.75. The largest absolute Gasteiger partial charge is 0.457 e. The molecule has 18 heavy (non-hydrogen) atoms. The van der Waals surface area contributed by atoms with Crippen LogP contribution in [0.4, 0.5) is 0 Å². The lowest BCUT2D eigenvalue weighted by atomic mass is 10.1.